The summed E-state index contributed by atoms with van der Waals surface area (Å²) in [7, 11) is -2.61. The van der Waals surface area contributed by atoms with Crippen molar-refractivity contribution in [3.8, 4) is 11.5 Å². The van der Waals surface area contributed by atoms with E-state index in [1.165, 1.54) is 31.0 Å². The number of hydrogen-bond acceptors (Lipinski definition) is 7. The van der Waals surface area contributed by atoms with Crippen LogP contribution in [0.25, 0.3) is 6.08 Å². The highest BCUT2D eigenvalue weighted by molar-refractivity contribution is 14.1. The van der Waals surface area contributed by atoms with Crippen LogP contribution in [0.2, 0.25) is 0 Å². The maximum atomic E-state index is 12.7. The molecule has 0 atom stereocenters. The van der Waals surface area contributed by atoms with Gasteiger partial charge in [-0.3, -0.25) is 4.79 Å². The van der Waals surface area contributed by atoms with Crippen molar-refractivity contribution in [1.82, 2.24) is 5.32 Å². The number of halogens is 1. The molecule has 1 aliphatic heterocycles. The van der Waals surface area contributed by atoms with Gasteiger partial charge in [0.1, 0.15) is 4.90 Å². The summed E-state index contributed by atoms with van der Waals surface area (Å²) in [5.41, 5.74) is 1.39. The lowest BCUT2D eigenvalue weighted by Crippen LogP contribution is -2.19. The maximum absolute atomic E-state index is 12.7. The Morgan fingerprint density at radius 1 is 1.03 bits per heavy atom. The molecular formula is C23H17IN2O5S2. The van der Waals surface area contributed by atoms with Gasteiger partial charge in [-0.1, -0.05) is 36.4 Å². The number of aliphatic imine (C=N–C) groups is 1. The average molecular weight is 592 g/mol. The fourth-order valence-corrected chi connectivity index (χ4v) is 5.61. The number of ether oxygens (including phenoxy) is 1. The molecule has 0 unspecified atom stereocenters. The highest BCUT2D eigenvalue weighted by Gasteiger charge is 2.25. The van der Waals surface area contributed by atoms with Crippen LogP contribution in [0.3, 0.4) is 0 Å². The van der Waals surface area contributed by atoms with E-state index < -0.39 is 10.1 Å². The van der Waals surface area contributed by atoms with Crippen molar-refractivity contribution in [3.63, 3.8) is 0 Å². The molecule has 1 fully saturated rings. The zero-order valence-corrected chi connectivity index (χ0v) is 21.0. The minimum atomic E-state index is -4.03. The molecule has 1 saturated heterocycles. The van der Waals surface area contributed by atoms with Gasteiger partial charge in [-0.2, -0.15) is 8.42 Å². The summed E-state index contributed by atoms with van der Waals surface area (Å²) >= 11 is 3.19. The van der Waals surface area contributed by atoms with Crippen LogP contribution in [0.5, 0.6) is 11.5 Å². The maximum Gasteiger partial charge on any atom is 0.339 e. The topological polar surface area (TPSA) is 94.1 Å². The molecule has 10 heteroatoms. The fourth-order valence-electron chi connectivity index (χ4n) is 2.90. The normalized spacial score (nSPS) is 16.1. The Hall–Kier alpha value is -2.83. The highest BCUT2D eigenvalue weighted by Crippen LogP contribution is 2.37. The number of carbonyl (C=O) groups is 1. The van der Waals surface area contributed by atoms with Gasteiger partial charge in [0.25, 0.3) is 5.91 Å². The van der Waals surface area contributed by atoms with E-state index in [1.807, 2.05) is 52.9 Å². The number of rotatable bonds is 6. The fraction of sp³-hybridized carbons (Fsp3) is 0.0435. The second-order valence-corrected chi connectivity index (χ2v) is 10.4. The number of para-hydroxylation sites is 1. The molecule has 168 valence electrons. The van der Waals surface area contributed by atoms with Gasteiger partial charge in [0.15, 0.2) is 16.7 Å². The summed E-state index contributed by atoms with van der Waals surface area (Å²) in [5, 5.41) is 3.22. The zero-order chi connectivity index (χ0) is 23.4. The van der Waals surface area contributed by atoms with Crippen molar-refractivity contribution in [3.05, 3.63) is 86.8 Å². The van der Waals surface area contributed by atoms with E-state index in [4.69, 9.17) is 8.92 Å². The number of thioether (sulfide) groups is 1. The van der Waals surface area contributed by atoms with E-state index in [0.717, 1.165) is 5.69 Å². The third-order valence-electron chi connectivity index (χ3n) is 4.41. The second-order valence-electron chi connectivity index (χ2n) is 6.70. The molecular weight excluding hydrogens is 575 g/mol. The Bertz CT molecular complexity index is 1360. The molecule has 0 spiro atoms. The predicted molar refractivity (Wildman–Crippen MR) is 137 cm³/mol. The minimum Gasteiger partial charge on any atom is -0.493 e. The van der Waals surface area contributed by atoms with Gasteiger partial charge in [0.05, 0.1) is 21.3 Å². The third-order valence-corrected chi connectivity index (χ3v) is 7.36. The van der Waals surface area contributed by atoms with Crippen LogP contribution in [-0.4, -0.2) is 26.6 Å². The molecule has 4 rings (SSSR count). The molecule has 0 aromatic heterocycles. The number of methoxy groups -OCH3 is 1. The zero-order valence-electron chi connectivity index (χ0n) is 17.2. The quantitative estimate of drug-likeness (QED) is 0.247. The molecule has 1 N–H and O–H groups in total. The molecule has 0 bridgehead atoms. The van der Waals surface area contributed by atoms with Crippen LogP contribution >= 0.6 is 34.4 Å². The smallest absolute Gasteiger partial charge is 0.339 e. The lowest BCUT2D eigenvalue weighted by molar-refractivity contribution is -0.115. The number of nitrogens with one attached hydrogen (secondary N) is 1. The lowest BCUT2D eigenvalue weighted by atomic mass is 10.2. The molecule has 7 nitrogen and oxygen atoms in total. The number of amides is 1. The standard InChI is InChI=1S/C23H17IN2O5S2/c1-30-19-13-15(12-18(24)21(19)31-33(28,29)17-10-6-3-7-11-17)14-20-22(27)26-23(32-20)25-16-8-4-2-5-9-16/h2-14H,1H3,(H,25,26,27)/b20-14-. The van der Waals surface area contributed by atoms with Gasteiger partial charge in [-0.05, 0) is 82.4 Å². The summed E-state index contributed by atoms with van der Waals surface area (Å²) in [5.74, 6) is 0.0458. The monoisotopic (exact) mass is 592 g/mol. The molecule has 0 radical (unpaired) electrons. The molecule has 33 heavy (non-hydrogen) atoms. The van der Waals surface area contributed by atoms with Crippen molar-refractivity contribution < 1.29 is 22.1 Å². The SMILES string of the molecule is COc1cc(/C=C2\SC(=Nc3ccccc3)NC2=O)cc(I)c1OS(=O)(=O)c1ccccc1. The van der Waals surface area contributed by atoms with Crippen LogP contribution < -0.4 is 14.2 Å². The Labute approximate surface area is 209 Å². The van der Waals surface area contributed by atoms with Crippen molar-refractivity contribution in [2.45, 2.75) is 4.90 Å². The summed E-state index contributed by atoms with van der Waals surface area (Å²) in [6.07, 6.45) is 1.69. The minimum absolute atomic E-state index is 0.0401. The van der Waals surface area contributed by atoms with Crippen LogP contribution in [0.1, 0.15) is 5.56 Å². The van der Waals surface area contributed by atoms with E-state index in [9.17, 15) is 13.2 Å². The largest absolute Gasteiger partial charge is 0.493 e. The molecule has 3 aromatic carbocycles. The van der Waals surface area contributed by atoms with Crippen LogP contribution in [-0.2, 0) is 14.9 Å². The van der Waals surface area contributed by atoms with Crippen molar-refractivity contribution in [2.75, 3.05) is 7.11 Å². The third kappa shape index (κ3) is 5.57. The number of amidine groups is 1. The molecule has 0 saturated carbocycles. The number of benzene rings is 3. The summed E-state index contributed by atoms with van der Waals surface area (Å²) < 4.78 is 36.6. The van der Waals surface area contributed by atoms with Gasteiger partial charge >= 0.3 is 10.1 Å². The Morgan fingerprint density at radius 3 is 2.36 bits per heavy atom. The number of nitrogens with zero attached hydrogens (tertiary/aromatic N) is 1. The summed E-state index contributed by atoms with van der Waals surface area (Å²) in [6, 6.07) is 20.5. The molecule has 0 aliphatic carbocycles. The summed E-state index contributed by atoms with van der Waals surface area (Å²) in [4.78, 5) is 17.3. The lowest BCUT2D eigenvalue weighted by Gasteiger charge is -2.13. The van der Waals surface area contributed by atoms with Crippen LogP contribution in [0.4, 0.5) is 5.69 Å². The van der Waals surface area contributed by atoms with E-state index in [1.54, 1.807) is 36.4 Å². The van der Waals surface area contributed by atoms with Gasteiger partial charge < -0.3 is 14.2 Å². The van der Waals surface area contributed by atoms with E-state index >= 15 is 0 Å². The first-order valence-electron chi connectivity index (χ1n) is 9.57. The van der Waals surface area contributed by atoms with Gasteiger partial charge in [-0.15, -0.1) is 0 Å². The molecule has 1 heterocycles. The Kier molecular flexibility index (Phi) is 7.05. The van der Waals surface area contributed by atoms with Crippen molar-refractivity contribution >= 4 is 67.3 Å². The predicted octanol–water partition coefficient (Wildman–Crippen LogP) is 4.96. The van der Waals surface area contributed by atoms with Crippen molar-refractivity contribution in [2.24, 2.45) is 4.99 Å². The van der Waals surface area contributed by atoms with Gasteiger partial charge in [0.2, 0.25) is 0 Å². The van der Waals surface area contributed by atoms with Crippen LogP contribution in [0.15, 0.2) is 87.6 Å². The second kappa shape index (κ2) is 9.98. The molecule has 3 aromatic rings. The Morgan fingerprint density at radius 2 is 1.70 bits per heavy atom. The van der Waals surface area contributed by atoms with E-state index in [2.05, 4.69) is 10.3 Å². The first kappa shape index (κ1) is 23.3. The van der Waals surface area contributed by atoms with E-state index in [-0.39, 0.29) is 22.3 Å². The highest BCUT2D eigenvalue weighted by atomic mass is 127. The number of carbonyl (C=O) groups excluding carboxylic acids is 1. The Balaban J connectivity index is 1.61. The van der Waals surface area contributed by atoms with Crippen LogP contribution in [0, 0.1) is 3.57 Å². The molecule has 1 amide bonds. The van der Waals surface area contributed by atoms with Gasteiger partial charge in [-0.25, -0.2) is 4.99 Å². The summed E-state index contributed by atoms with van der Waals surface area (Å²) in [6.45, 7) is 0. The van der Waals surface area contributed by atoms with Gasteiger partial charge in [0, 0.05) is 0 Å². The van der Waals surface area contributed by atoms with E-state index in [0.29, 0.717) is 19.2 Å². The molecule has 1 aliphatic rings. The first-order chi connectivity index (χ1) is 15.9. The van der Waals surface area contributed by atoms with Crippen molar-refractivity contribution in [1.29, 1.82) is 0 Å². The average Bonchev–Trinajstić information content (AvgIpc) is 3.15. The first-order valence-corrected chi connectivity index (χ1v) is 12.9. The number of hydrogen-bond donors (Lipinski definition) is 1.